The Kier molecular flexibility index (Phi) is 2.03. The van der Waals surface area contributed by atoms with E-state index in [1.807, 2.05) is 7.85 Å². The molecule has 0 spiro atoms. The van der Waals surface area contributed by atoms with E-state index in [-0.39, 0.29) is 12.6 Å². The van der Waals surface area contributed by atoms with Gasteiger partial charge in [-0.05, 0) is 12.8 Å². The minimum atomic E-state index is -0.667. The maximum Gasteiger partial charge on any atom is 0.150 e. The molecular weight excluding hydrogens is 127 g/mol. The molecule has 1 aliphatic rings. The first-order valence-electron chi connectivity index (χ1n) is 3.49. The molecule has 1 fully saturated rings. The first-order chi connectivity index (χ1) is 4.72. The maximum atomic E-state index is 8.87. The molecule has 0 unspecified atom stereocenters. The number of aliphatic hydroxyl groups is 1. The van der Waals surface area contributed by atoms with Gasteiger partial charge in [-0.1, -0.05) is 5.92 Å². The number of hydrogen-bond donors (Lipinski definition) is 1. The highest BCUT2D eigenvalue weighted by Crippen LogP contribution is 2.27. The Morgan fingerprint density at radius 2 is 2.60 bits per heavy atom. The molecule has 0 aliphatic carbocycles. The molecule has 3 heteroatoms. The second kappa shape index (κ2) is 2.65. The fourth-order valence-corrected chi connectivity index (χ4v) is 1.21. The molecular formula is C7H11BO2. The fraction of sp³-hybridized carbons (Fsp3) is 0.714. The first kappa shape index (κ1) is 7.65. The quantitative estimate of drug-likeness (QED) is 0.376. The summed E-state index contributed by atoms with van der Waals surface area (Å²) in [4.78, 5) is 0. The van der Waals surface area contributed by atoms with Gasteiger partial charge in [-0.3, -0.25) is 0 Å². The van der Waals surface area contributed by atoms with Crippen molar-refractivity contribution < 1.29 is 9.84 Å². The third kappa shape index (κ3) is 1.18. The van der Waals surface area contributed by atoms with Gasteiger partial charge in [0.05, 0.1) is 6.61 Å². The second-order valence-electron chi connectivity index (χ2n) is 2.76. The van der Waals surface area contributed by atoms with Crippen LogP contribution in [-0.4, -0.2) is 31.2 Å². The topological polar surface area (TPSA) is 29.5 Å². The van der Waals surface area contributed by atoms with E-state index in [4.69, 9.17) is 16.3 Å². The minimum Gasteiger partial charge on any atom is -0.392 e. The van der Waals surface area contributed by atoms with E-state index < -0.39 is 5.60 Å². The average Bonchev–Trinajstić information content (AvgIpc) is 2.33. The van der Waals surface area contributed by atoms with Gasteiger partial charge in [-0.25, -0.2) is 0 Å². The molecule has 1 saturated heterocycles. The van der Waals surface area contributed by atoms with Crippen LogP contribution in [0.4, 0.5) is 0 Å². The molecule has 10 heavy (non-hydrogen) atoms. The molecule has 1 heterocycles. The van der Waals surface area contributed by atoms with Gasteiger partial charge in [0.25, 0.3) is 0 Å². The molecule has 2 nitrogen and oxygen atoms in total. The molecule has 2 atom stereocenters. The van der Waals surface area contributed by atoms with Gasteiger partial charge in [-0.15, -0.1) is 6.42 Å². The molecule has 0 aromatic carbocycles. The lowest BCUT2D eigenvalue weighted by Gasteiger charge is -2.19. The standard InChI is InChI=1S/C7H11BO2/c1-2-7(5-9)4-3-6(8)10-7/h1,6,9H,3-5,8H2/t6-,7+/m1/s1. The van der Waals surface area contributed by atoms with Crippen molar-refractivity contribution in [3.63, 3.8) is 0 Å². The number of aliphatic hydroxyl groups excluding tert-OH is 1. The van der Waals surface area contributed by atoms with E-state index in [2.05, 4.69) is 5.92 Å². The average molecular weight is 138 g/mol. The lowest BCUT2D eigenvalue weighted by Crippen LogP contribution is -2.31. The SMILES string of the molecule is B[C@H]1CC[C@@](C#C)(CO)O1. The van der Waals surface area contributed by atoms with Crippen molar-refractivity contribution in [2.24, 2.45) is 0 Å². The third-order valence-electron chi connectivity index (χ3n) is 1.90. The van der Waals surface area contributed by atoms with Crippen LogP contribution in [0.3, 0.4) is 0 Å². The Labute approximate surface area is 62.0 Å². The summed E-state index contributed by atoms with van der Waals surface area (Å²) in [6.45, 7) is -0.0617. The summed E-state index contributed by atoms with van der Waals surface area (Å²) in [5.74, 6) is 2.49. The number of terminal acetylenes is 1. The summed E-state index contributed by atoms with van der Waals surface area (Å²) < 4.78 is 5.36. The van der Waals surface area contributed by atoms with E-state index in [1.165, 1.54) is 0 Å². The minimum absolute atomic E-state index is 0.0617. The van der Waals surface area contributed by atoms with Crippen LogP contribution in [-0.2, 0) is 4.74 Å². The zero-order valence-corrected chi connectivity index (χ0v) is 6.13. The molecule has 1 N–H and O–H groups in total. The van der Waals surface area contributed by atoms with Gasteiger partial charge >= 0.3 is 0 Å². The molecule has 54 valence electrons. The van der Waals surface area contributed by atoms with Gasteiger partial charge in [0.15, 0.2) is 5.60 Å². The maximum absolute atomic E-state index is 8.87. The Morgan fingerprint density at radius 3 is 2.80 bits per heavy atom. The van der Waals surface area contributed by atoms with Crippen LogP contribution in [0.5, 0.6) is 0 Å². The summed E-state index contributed by atoms with van der Waals surface area (Å²) in [7, 11) is 1.97. The van der Waals surface area contributed by atoms with E-state index in [9.17, 15) is 0 Å². The summed E-state index contributed by atoms with van der Waals surface area (Å²) in [5.41, 5.74) is -0.667. The Bertz CT molecular complexity index is 163. The van der Waals surface area contributed by atoms with Crippen LogP contribution in [0.25, 0.3) is 0 Å². The lowest BCUT2D eigenvalue weighted by atomic mass is 9.95. The largest absolute Gasteiger partial charge is 0.392 e. The molecule has 0 radical (unpaired) electrons. The molecule has 1 aliphatic heterocycles. The van der Waals surface area contributed by atoms with Crippen molar-refractivity contribution in [2.45, 2.75) is 24.4 Å². The molecule has 0 bridgehead atoms. The van der Waals surface area contributed by atoms with Crippen LogP contribution >= 0.6 is 0 Å². The van der Waals surface area contributed by atoms with Crippen LogP contribution < -0.4 is 0 Å². The van der Waals surface area contributed by atoms with Crippen LogP contribution in [0.1, 0.15) is 12.8 Å². The highest BCUT2D eigenvalue weighted by molar-refractivity contribution is 6.11. The molecule has 0 aromatic heterocycles. The normalized spacial score (nSPS) is 39.4. The Hall–Kier alpha value is -0.455. The van der Waals surface area contributed by atoms with Gasteiger partial charge in [0.2, 0.25) is 0 Å². The van der Waals surface area contributed by atoms with Crippen molar-refractivity contribution in [3.8, 4) is 12.3 Å². The molecule has 0 amide bonds. The van der Waals surface area contributed by atoms with Crippen molar-refractivity contribution >= 4 is 7.85 Å². The number of rotatable bonds is 1. The fourth-order valence-electron chi connectivity index (χ4n) is 1.21. The van der Waals surface area contributed by atoms with Gasteiger partial charge in [0, 0.05) is 6.00 Å². The van der Waals surface area contributed by atoms with E-state index in [0.29, 0.717) is 0 Å². The highest BCUT2D eigenvalue weighted by atomic mass is 16.5. The van der Waals surface area contributed by atoms with E-state index >= 15 is 0 Å². The predicted octanol–water partition coefficient (Wildman–Crippen LogP) is -0.880. The lowest BCUT2D eigenvalue weighted by molar-refractivity contribution is -0.00747. The van der Waals surface area contributed by atoms with Gasteiger partial charge in [0.1, 0.15) is 7.85 Å². The van der Waals surface area contributed by atoms with E-state index in [0.717, 1.165) is 12.8 Å². The first-order valence-corrected chi connectivity index (χ1v) is 3.49. The smallest absolute Gasteiger partial charge is 0.150 e. The van der Waals surface area contributed by atoms with Crippen molar-refractivity contribution in [1.29, 1.82) is 0 Å². The number of ether oxygens (including phenoxy) is 1. The van der Waals surface area contributed by atoms with Crippen LogP contribution in [0, 0.1) is 12.3 Å². The Morgan fingerprint density at radius 1 is 1.90 bits per heavy atom. The summed E-state index contributed by atoms with van der Waals surface area (Å²) >= 11 is 0. The summed E-state index contributed by atoms with van der Waals surface area (Å²) in [5, 5.41) is 8.87. The zero-order valence-electron chi connectivity index (χ0n) is 6.13. The predicted molar refractivity (Wildman–Crippen MR) is 41.3 cm³/mol. The van der Waals surface area contributed by atoms with Gasteiger partial charge in [-0.2, -0.15) is 0 Å². The Balaban J connectivity index is 2.62. The molecule has 0 saturated carbocycles. The monoisotopic (exact) mass is 138 g/mol. The summed E-state index contributed by atoms with van der Waals surface area (Å²) in [6.07, 6.45) is 6.93. The van der Waals surface area contributed by atoms with Crippen molar-refractivity contribution in [1.82, 2.24) is 0 Å². The summed E-state index contributed by atoms with van der Waals surface area (Å²) in [6, 6.07) is 0.197. The second-order valence-corrected chi connectivity index (χ2v) is 2.76. The number of hydrogen-bond acceptors (Lipinski definition) is 2. The highest BCUT2D eigenvalue weighted by Gasteiger charge is 2.35. The molecule has 0 aromatic rings. The van der Waals surface area contributed by atoms with Gasteiger partial charge < -0.3 is 9.84 Å². The van der Waals surface area contributed by atoms with Crippen LogP contribution in [0.15, 0.2) is 0 Å². The molecule has 1 rings (SSSR count). The zero-order chi connectivity index (χ0) is 7.61. The third-order valence-corrected chi connectivity index (χ3v) is 1.90. The van der Waals surface area contributed by atoms with Crippen molar-refractivity contribution in [2.75, 3.05) is 6.61 Å². The van der Waals surface area contributed by atoms with E-state index in [1.54, 1.807) is 0 Å². The van der Waals surface area contributed by atoms with Crippen LogP contribution in [0.2, 0.25) is 0 Å². The van der Waals surface area contributed by atoms with Crippen molar-refractivity contribution in [3.05, 3.63) is 0 Å².